The number of nitrogens with zero attached hydrogens (tertiary/aromatic N) is 2. The zero-order valence-corrected chi connectivity index (χ0v) is 12.3. The molecule has 4 heteroatoms. The lowest BCUT2D eigenvalue weighted by Gasteiger charge is -2.13. The van der Waals surface area contributed by atoms with Gasteiger partial charge in [0.25, 0.3) is 0 Å². The lowest BCUT2D eigenvalue weighted by atomic mass is 10.1. The Balaban J connectivity index is 2.07. The molecule has 1 fully saturated rings. The molecule has 1 saturated carbocycles. The molecule has 0 amide bonds. The highest BCUT2D eigenvalue weighted by molar-refractivity contribution is 5.86. The van der Waals surface area contributed by atoms with E-state index in [1.54, 1.807) is 11.7 Å². The van der Waals surface area contributed by atoms with Crippen molar-refractivity contribution in [2.45, 2.75) is 18.8 Å². The Morgan fingerprint density at radius 1 is 1.14 bits per heavy atom. The van der Waals surface area contributed by atoms with Crippen LogP contribution in [0.25, 0.3) is 16.6 Å². The van der Waals surface area contributed by atoms with Crippen molar-refractivity contribution < 1.29 is 4.74 Å². The zero-order valence-electron chi connectivity index (χ0n) is 12.3. The fraction of sp³-hybridized carbons (Fsp3) is 0.222. The molecule has 0 spiro atoms. The molecule has 22 heavy (non-hydrogen) atoms. The minimum atomic E-state index is -0.316. The van der Waals surface area contributed by atoms with E-state index in [2.05, 4.69) is 17.1 Å². The maximum Gasteiger partial charge on any atom is 0.355 e. The Morgan fingerprint density at radius 3 is 2.59 bits per heavy atom. The van der Waals surface area contributed by atoms with E-state index in [-0.39, 0.29) is 5.69 Å². The second kappa shape index (κ2) is 4.98. The minimum absolute atomic E-state index is 0.316. The summed E-state index contributed by atoms with van der Waals surface area (Å²) in [7, 11) is 1.54. The van der Waals surface area contributed by atoms with Gasteiger partial charge < -0.3 is 4.74 Å². The Labute approximate surface area is 128 Å². The molecule has 0 radical (unpaired) electrons. The molecule has 0 aliphatic heterocycles. The van der Waals surface area contributed by atoms with Crippen molar-refractivity contribution in [2.24, 2.45) is 0 Å². The number of fused-ring (bicyclic) bond motifs is 1. The topological polar surface area (TPSA) is 44.1 Å². The first kappa shape index (κ1) is 13.1. The van der Waals surface area contributed by atoms with Crippen molar-refractivity contribution in [2.75, 3.05) is 7.11 Å². The van der Waals surface area contributed by atoms with Crippen LogP contribution in [0, 0.1) is 0 Å². The number of hydrogen-bond donors (Lipinski definition) is 0. The van der Waals surface area contributed by atoms with Gasteiger partial charge in [0.1, 0.15) is 0 Å². The maximum absolute atomic E-state index is 12.5. The number of rotatable bonds is 3. The van der Waals surface area contributed by atoms with Gasteiger partial charge in [-0.15, -0.1) is 0 Å². The number of hydrogen-bond acceptors (Lipinski definition) is 3. The molecule has 0 saturated heterocycles. The lowest BCUT2D eigenvalue weighted by Crippen LogP contribution is -2.22. The van der Waals surface area contributed by atoms with E-state index in [4.69, 9.17) is 4.74 Å². The molecule has 4 nitrogen and oxygen atoms in total. The summed E-state index contributed by atoms with van der Waals surface area (Å²) < 4.78 is 6.95. The summed E-state index contributed by atoms with van der Waals surface area (Å²) in [4.78, 5) is 16.6. The van der Waals surface area contributed by atoms with Crippen LogP contribution in [-0.4, -0.2) is 16.7 Å². The van der Waals surface area contributed by atoms with Gasteiger partial charge in [0.05, 0.1) is 23.7 Å². The van der Waals surface area contributed by atoms with Gasteiger partial charge in [0, 0.05) is 0 Å². The molecule has 0 atom stereocenters. The predicted molar refractivity (Wildman–Crippen MR) is 85.9 cm³/mol. The summed E-state index contributed by atoms with van der Waals surface area (Å²) in [6.45, 7) is 0. The number of benzene rings is 2. The van der Waals surface area contributed by atoms with Crippen LogP contribution in [0.15, 0.2) is 53.3 Å². The van der Waals surface area contributed by atoms with Gasteiger partial charge in [-0.25, -0.2) is 4.79 Å². The number of aromatic nitrogens is 2. The van der Waals surface area contributed by atoms with E-state index in [0.29, 0.717) is 11.8 Å². The number of para-hydroxylation sites is 1. The number of methoxy groups -OCH3 is 1. The fourth-order valence-electron chi connectivity index (χ4n) is 2.87. The van der Waals surface area contributed by atoms with Crippen LogP contribution in [0.3, 0.4) is 0 Å². The summed E-state index contributed by atoms with van der Waals surface area (Å²) in [5.74, 6) is 1.01. The van der Waals surface area contributed by atoms with Gasteiger partial charge in [-0.1, -0.05) is 24.3 Å². The van der Waals surface area contributed by atoms with Crippen molar-refractivity contribution in [1.29, 1.82) is 0 Å². The first-order chi connectivity index (χ1) is 10.8. The molecule has 4 rings (SSSR count). The van der Waals surface area contributed by atoms with Crippen LogP contribution in [-0.2, 0) is 0 Å². The monoisotopic (exact) mass is 292 g/mol. The summed E-state index contributed by atoms with van der Waals surface area (Å²) in [6, 6.07) is 15.8. The Morgan fingerprint density at radius 2 is 1.91 bits per heavy atom. The zero-order chi connectivity index (χ0) is 15.1. The molecule has 3 aromatic rings. The molecule has 1 heterocycles. The maximum atomic E-state index is 12.5. The van der Waals surface area contributed by atoms with Gasteiger partial charge >= 0.3 is 5.69 Å². The van der Waals surface area contributed by atoms with Gasteiger partial charge in [-0.3, -0.25) is 4.57 Å². The summed E-state index contributed by atoms with van der Waals surface area (Å²) in [5.41, 5.74) is 2.64. The van der Waals surface area contributed by atoms with Gasteiger partial charge in [-0.2, -0.15) is 4.98 Å². The molecule has 0 unspecified atom stereocenters. The Hall–Kier alpha value is -2.62. The van der Waals surface area contributed by atoms with E-state index in [1.165, 1.54) is 18.4 Å². The van der Waals surface area contributed by atoms with Gasteiger partial charge in [0.2, 0.25) is 5.88 Å². The number of ether oxygens (including phenoxy) is 1. The molecule has 1 aliphatic carbocycles. The molecular formula is C18H16N2O2. The molecule has 0 bridgehead atoms. The standard InChI is InChI=1S/C18H16N2O2/c1-22-17-15-10-9-13(12-7-8-12)11-16(15)20(18(21)19-17)14-5-3-2-4-6-14/h2-6,9-12H,7-8H2,1H3. The molecule has 2 aromatic carbocycles. The van der Waals surface area contributed by atoms with Crippen molar-refractivity contribution in [3.8, 4) is 11.6 Å². The third-order valence-corrected chi connectivity index (χ3v) is 4.14. The molecule has 110 valence electrons. The highest BCUT2D eigenvalue weighted by Gasteiger charge is 2.24. The predicted octanol–water partition coefficient (Wildman–Crippen LogP) is 3.27. The molecule has 1 aromatic heterocycles. The molecular weight excluding hydrogens is 276 g/mol. The van der Waals surface area contributed by atoms with Crippen molar-refractivity contribution in [3.05, 3.63) is 64.6 Å². The van der Waals surface area contributed by atoms with Gasteiger partial charge in [0.15, 0.2) is 0 Å². The van der Waals surface area contributed by atoms with Crippen molar-refractivity contribution in [3.63, 3.8) is 0 Å². The SMILES string of the molecule is COc1nc(=O)n(-c2ccccc2)c2cc(C3CC3)ccc12. The van der Waals surface area contributed by atoms with Crippen LogP contribution in [0.1, 0.15) is 24.3 Å². The average Bonchev–Trinajstić information content (AvgIpc) is 3.39. The highest BCUT2D eigenvalue weighted by Crippen LogP contribution is 2.41. The quantitative estimate of drug-likeness (QED) is 0.744. The highest BCUT2D eigenvalue weighted by atomic mass is 16.5. The van der Waals surface area contributed by atoms with E-state index in [0.717, 1.165) is 16.6 Å². The van der Waals surface area contributed by atoms with E-state index < -0.39 is 0 Å². The smallest absolute Gasteiger partial charge is 0.355 e. The minimum Gasteiger partial charge on any atom is -0.480 e. The first-order valence-corrected chi connectivity index (χ1v) is 7.44. The second-order valence-corrected chi connectivity index (χ2v) is 5.63. The van der Waals surface area contributed by atoms with Crippen LogP contribution >= 0.6 is 0 Å². The van der Waals surface area contributed by atoms with Crippen LogP contribution in [0.2, 0.25) is 0 Å². The Bertz CT molecular complexity index is 896. The summed E-state index contributed by atoms with van der Waals surface area (Å²) in [6.07, 6.45) is 2.45. The molecule has 1 aliphatic rings. The third kappa shape index (κ3) is 2.08. The third-order valence-electron chi connectivity index (χ3n) is 4.14. The van der Waals surface area contributed by atoms with Crippen LogP contribution < -0.4 is 10.4 Å². The summed E-state index contributed by atoms with van der Waals surface area (Å²) in [5, 5.41) is 0.857. The lowest BCUT2D eigenvalue weighted by molar-refractivity contribution is 0.400. The van der Waals surface area contributed by atoms with Crippen LogP contribution in [0.4, 0.5) is 0 Å². The molecule has 0 N–H and O–H groups in total. The van der Waals surface area contributed by atoms with Crippen molar-refractivity contribution in [1.82, 2.24) is 9.55 Å². The van der Waals surface area contributed by atoms with Crippen LogP contribution in [0.5, 0.6) is 5.88 Å². The largest absolute Gasteiger partial charge is 0.480 e. The second-order valence-electron chi connectivity index (χ2n) is 5.63. The normalized spacial score (nSPS) is 14.2. The average molecular weight is 292 g/mol. The van der Waals surface area contributed by atoms with Gasteiger partial charge in [-0.05, 0) is 48.6 Å². The fourth-order valence-corrected chi connectivity index (χ4v) is 2.87. The van der Waals surface area contributed by atoms with E-state index >= 15 is 0 Å². The van der Waals surface area contributed by atoms with Crippen molar-refractivity contribution >= 4 is 10.9 Å². The van der Waals surface area contributed by atoms with E-state index in [1.807, 2.05) is 36.4 Å². The summed E-state index contributed by atoms with van der Waals surface area (Å²) >= 11 is 0. The Kier molecular flexibility index (Phi) is 2.96. The first-order valence-electron chi connectivity index (χ1n) is 7.44. The van der Waals surface area contributed by atoms with E-state index in [9.17, 15) is 4.79 Å².